The van der Waals surface area contributed by atoms with Gasteiger partial charge in [0.1, 0.15) is 0 Å². The fourth-order valence-corrected chi connectivity index (χ4v) is 3.66. The number of amides is 1. The van der Waals surface area contributed by atoms with Gasteiger partial charge in [0, 0.05) is 23.8 Å². The van der Waals surface area contributed by atoms with Crippen molar-refractivity contribution in [1.29, 1.82) is 0 Å². The molecular formula is C22H31N3O3S. The first-order chi connectivity index (χ1) is 13.6. The minimum Gasteiger partial charge on any atom is -0.322 e. The van der Waals surface area contributed by atoms with Crippen LogP contribution in [0.2, 0.25) is 0 Å². The van der Waals surface area contributed by atoms with Crippen molar-refractivity contribution in [3.63, 3.8) is 0 Å². The van der Waals surface area contributed by atoms with E-state index in [1.54, 1.807) is 32.0 Å². The van der Waals surface area contributed by atoms with Crippen molar-refractivity contribution in [1.82, 2.24) is 4.90 Å². The Morgan fingerprint density at radius 2 is 1.72 bits per heavy atom. The number of sulfonamides is 1. The van der Waals surface area contributed by atoms with Crippen molar-refractivity contribution in [2.45, 2.75) is 47.2 Å². The fraction of sp³-hybridized carbons (Fsp3) is 0.409. The Balaban J connectivity index is 2.05. The first-order valence-electron chi connectivity index (χ1n) is 9.90. The average Bonchev–Trinajstić information content (AvgIpc) is 2.68. The van der Waals surface area contributed by atoms with E-state index in [4.69, 9.17) is 0 Å². The summed E-state index contributed by atoms with van der Waals surface area (Å²) in [7, 11) is -3.34. The Morgan fingerprint density at radius 1 is 1.07 bits per heavy atom. The van der Waals surface area contributed by atoms with Crippen molar-refractivity contribution >= 4 is 27.3 Å². The quantitative estimate of drug-likeness (QED) is 0.640. The highest BCUT2D eigenvalue weighted by molar-refractivity contribution is 7.92. The predicted molar refractivity (Wildman–Crippen MR) is 120 cm³/mol. The van der Waals surface area contributed by atoms with Gasteiger partial charge < -0.3 is 5.32 Å². The van der Waals surface area contributed by atoms with Gasteiger partial charge in [-0.1, -0.05) is 19.1 Å². The van der Waals surface area contributed by atoms with Gasteiger partial charge in [-0.15, -0.1) is 0 Å². The minimum absolute atomic E-state index is 0.00804. The number of rotatable bonds is 9. The molecule has 7 heteroatoms. The third kappa shape index (κ3) is 6.58. The van der Waals surface area contributed by atoms with Crippen LogP contribution >= 0.6 is 0 Å². The van der Waals surface area contributed by atoms with Gasteiger partial charge >= 0.3 is 0 Å². The number of carbonyl (C=O) groups is 1. The lowest BCUT2D eigenvalue weighted by atomic mass is 10.1. The van der Waals surface area contributed by atoms with Gasteiger partial charge in [0.2, 0.25) is 10.0 Å². The number of nitrogens with one attached hydrogen (secondary N) is 2. The highest BCUT2D eigenvalue weighted by Gasteiger charge is 2.12. The van der Waals surface area contributed by atoms with E-state index >= 15 is 0 Å². The monoisotopic (exact) mass is 417 g/mol. The molecule has 0 bridgehead atoms. The van der Waals surface area contributed by atoms with Crippen LogP contribution in [0.1, 0.15) is 49.2 Å². The lowest BCUT2D eigenvalue weighted by Crippen LogP contribution is -2.29. The maximum atomic E-state index is 12.6. The van der Waals surface area contributed by atoms with Crippen molar-refractivity contribution in [3.8, 4) is 0 Å². The van der Waals surface area contributed by atoms with Gasteiger partial charge in [0.25, 0.3) is 5.91 Å². The van der Waals surface area contributed by atoms with Gasteiger partial charge in [0.15, 0.2) is 0 Å². The standard InChI is InChI=1S/C22H31N3O3S/c1-6-25(16(3)4)15-18-8-10-19(11-9-18)22(26)23-20-12-13-21(17(5)14-20)24-29(27,28)7-2/h8-14,16,24H,6-7,15H2,1-5H3,(H,23,26). The number of hydrogen-bond acceptors (Lipinski definition) is 4. The van der Waals surface area contributed by atoms with E-state index in [0.717, 1.165) is 18.7 Å². The van der Waals surface area contributed by atoms with Crippen molar-refractivity contribution in [2.24, 2.45) is 0 Å². The molecule has 29 heavy (non-hydrogen) atoms. The number of carbonyl (C=O) groups excluding carboxylic acids is 1. The Hall–Kier alpha value is -2.38. The summed E-state index contributed by atoms with van der Waals surface area (Å²) in [4.78, 5) is 14.9. The molecule has 0 radical (unpaired) electrons. The molecule has 0 saturated carbocycles. The van der Waals surface area contributed by atoms with Gasteiger partial charge in [0.05, 0.1) is 11.4 Å². The summed E-state index contributed by atoms with van der Waals surface area (Å²) < 4.78 is 26.0. The zero-order valence-corrected chi connectivity index (χ0v) is 18.6. The molecule has 2 rings (SSSR count). The first-order valence-corrected chi connectivity index (χ1v) is 11.6. The number of anilines is 2. The Labute approximate surface area is 174 Å². The zero-order valence-electron chi connectivity index (χ0n) is 17.8. The largest absolute Gasteiger partial charge is 0.322 e. The summed E-state index contributed by atoms with van der Waals surface area (Å²) in [5, 5.41) is 2.87. The fourth-order valence-electron chi connectivity index (χ4n) is 2.95. The van der Waals surface area contributed by atoms with Gasteiger partial charge in [-0.05, 0) is 75.7 Å². The maximum absolute atomic E-state index is 12.6. The molecule has 0 aliphatic carbocycles. The Bertz CT molecular complexity index is 938. The third-order valence-electron chi connectivity index (χ3n) is 4.87. The molecule has 6 nitrogen and oxygen atoms in total. The zero-order chi connectivity index (χ0) is 21.6. The summed E-state index contributed by atoms with van der Waals surface area (Å²) in [6.45, 7) is 11.7. The summed E-state index contributed by atoms with van der Waals surface area (Å²) in [5.74, 6) is -0.192. The van der Waals surface area contributed by atoms with E-state index in [1.165, 1.54) is 5.56 Å². The second-order valence-electron chi connectivity index (χ2n) is 7.34. The van der Waals surface area contributed by atoms with Crippen LogP contribution in [0.3, 0.4) is 0 Å². The number of hydrogen-bond donors (Lipinski definition) is 2. The normalized spacial score (nSPS) is 11.7. The van der Waals surface area contributed by atoms with E-state index in [9.17, 15) is 13.2 Å². The highest BCUT2D eigenvalue weighted by Crippen LogP contribution is 2.21. The van der Waals surface area contributed by atoms with Crippen molar-refractivity contribution in [2.75, 3.05) is 22.3 Å². The molecule has 2 N–H and O–H groups in total. The van der Waals surface area contributed by atoms with Crippen LogP contribution in [0.4, 0.5) is 11.4 Å². The summed E-state index contributed by atoms with van der Waals surface area (Å²) in [5.41, 5.74) is 3.62. The molecule has 1 amide bonds. The van der Waals surface area contributed by atoms with Crippen LogP contribution < -0.4 is 10.0 Å². The number of aryl methyl sites for hydroxylation is 1. The molecule has 0 aromatic heterocycles. The van der Waals surface area contributed by atoms with Crippen molar-refractivity contribution < 1.29 is 13.2 Å². The molecule has 0 unspecified atom stereocenters. The van der Waals surface area contributed by atoms with E-state index in [2.05, 4.69) is 35.7 Å². The molecular weight excluding hydrogens is 386 g/mol. The first kappa shape index (κ1) is 22.9. The number of benzene rings is 2. The van der Waals surface area contributed by atoms with Crippen LogP contribution in [-0.2, 0) is 16.6 Å². The van der Waals surface area contributed by atoms with Crippen LogP contribution in [-0.4, -0.2) is 37.6 Å². The molecule has 158 valence electrons. The minimum atomic E-state index is -3.34. The molecule has 0 aliphatic rings. The van der Waals surface area contributed by atoms with E-state index in [-0.39, 0.29) is 11.7 Å². The second-order valence-corrected chi connectivity index (χ2v) is 9.35. The summed E-state index contributed by atoms with van der Waals surface area (Å²) >= 11 is 0. The summed E-state index contributed by atoms with van der Waals surface area (Å²) in [6, 6.07) is 13.2. The second kappa shape index (κ2) is 9.89. The molecule has 0 fully saturated rings. The van der Waals surface area contributed by atoms with Gasteiger partial charge in [-0.25, -0.2) is 8.42 Å². The molecule has 0 atom stereocenters. The molecule has 2 aromatic carbocycles. The SMILES string of the molecule is CCN(Cc1ccc(C(=O)Nc2ccc(NS(=O)(=O)CC)c(C)c2)cc1)C(C)C. The molecule has 2 aromatic rings. The third-order valence-corrected chi connectivity index (χ3v) is 6.16. The lowest BCUT2D eigenvalue weighted by Gasteiger charge is -2.24. The van der Waals surface area contributed by atoms with Crippen LogP contribution in [0.5, 0.6) is 0 Å². The van der Waals surface area contributed by atoms with Gasteiger partial charge in [-0.3, -0.25) is 14.4 Å². The summed E-state index contributed by atoms with van der Waals surface area (Å²) in [6.07, 6.45) is 0. The van der Waals surface area contributed by atoms with E-state index in [0.29, 0.717) is 23.0 Å². The van der Waals surface area contributed by atoms with Crippen LogP contribution in [0.15, 0.2) is 42.5 Å². The molecule has 0 saturated heterocycles. The van der Waals surface area contributed by atoms with E-state index in [1.807, 2.05) is 24.3 Å². The van der Waals surface area contributed by atoms with Crippen LogP contribution in [0, 0.1) is 6.92 Å². The van der Waals surface area contributed by atoms with Gasteiger partial charge in [-0.2, -0.15) is 0 Å². The maximum Gasteiger partial charge on any atom is 0.255 e. The molecule has 0 aliphatic heterocycles. The van der Waals surface area contributed by atoms with E-state index < -0.39 is 10.0 Å². The average molecular weight is 418 g/mol. The Kier molecular flexibility index (Phi) is 7.81. The number of nitrogens with zero attached hydrogens (tertiary/aromatic N) is 1. The highest BCUT2D eigenvalue weighted by atomic mass is 32.2. The lowest BCUT2D eigenvalue weighted by molar-refractivity contribution is 0.102. The molecule has 0 heterocycles. The van der Waals surface area contributed by atoms with Crippen LogP contribution in [0.25, 0.3) is 0 Å². The smallest absolute Gasteiger partial charge is 0.255 e. The molecule has 0 spiro atoms. The topological polar surface area (TPSA) is 78.5 Å². The predicted octanol–water partition coefficient (Wildman–Crippen LogP) is 4.24. The Morgan fingerprint density at radius 3 is 2.24 bits per heavy atom. The van der Waals surface area contributed by atoms with Crippen molar-refractivity contribution in [3.05, 3.63) is 59.2 Å².